The van der Waals surface area contributed by atoms with Gasteiger partial charge in [-0.2, -0.15) is 0 Å². The van der Waals surface area contributed by atoms with Crippen molar-refractivity contribution in [1.82, 2.24) is 0 Å². The van der Waals surface area contributed by atoms with Crippen LogP contribution in [0.1, 0.15) is 0 Å². The Kier molecular flexibility index (Phi) is 8.85. The van der Waals surface area contributed by atoms with Crippen LogP contribution in [-0.4, -0.2) is 43.3 Å². The molecule has 9 heavy (non-hydrogen) atoms. The molecule has 0 heterocycles. The van der Waals surface area contributed by atoms with Crippen molar-refractivity contribution in [3.8, 4) is 0 Å². The van der Waals surface area contributed by atoms with E-state index in [1.165, 1.54) is 13.8 Å². The molecular formula is C4H8NaO3P+. The Labute approximate surface area is 77.6 Å². The molecule has 0 aliphatic heterocycles. The first-order valence-corrected chi connectivity index (χ1v) is 3.61. The van der Waals surface area contributed by atoms with Crippen LogP contribution in [-0.2, 0) is 13.8 Å². The molecule has 1 unspecified atom stereocenters. The quantitative estimate of drug-likeness (QED) is 0.350. The second-order valence-corrected chi connectivity index (χ2v) is 2.17. The van der Waals surface area contributed by atoms with E-state index in [0.717, 1.165) is 0 Å². The number of hydrogen-bond donors (Lipinski definition) is 0. The van der Waals surface area contributed by atoms with Crippen LogP contribution in [0.3, 0.4) is 0 Å². The monoisotopic (exact) mass is 158 g/mol. The van der Waals surface area contributed by atoms with E-state index in [2.05, 4.69) is 15.8 Å². The van der Waals surface area contributed by atoms with Crippen LogP contribution in [0.5, 0.6) is 0 Å². The van der Waals surface area contributed by atoms with Gasteiger partial charge in [-0.3, -0.25) is 0 Å². The van der Waals surface area contributed by atoms with Crippen LogP contribution in [0.4, 0.5) is 0 Å². The summed E-state index contributed by atoms with van der Waals surface area (Å²) in [7, 11) is -0.216. The number of methoxy groups -OCH3 is 1. The first-order chi connectivity index (χ1) is 3.66. The topological polar surface area (TPSA) is 35.5 Å². The fraction of sp³-hybridized carbons (Fsp3) is 0.500. The summed E-state index contributed by atoms with van der Waals surface area (Å²) in [6, 6.07) is 0. The van der Waals surface area contributed by atoms with Crippen molar-refractivity contribution in [3.05, 3.63) is 12.5 Å². The zero-order valence-corrected chi connectivity index (χ0v) is 8.77. The Morgan fingerprint density at radius 2 is 2.11 bits per heavy atom. The Hall–Kier alpha value is 0.440. The van der Waals surface area contributed by atoms with E-state index in [0.29, 0.717) is 0 Å². The average molecular weight is 158 g/mol. The summed E-state index contributed by atoms with van der Waals surface area (Å²) in [5.74, 6) is 0.0913. The molecule has 0 rings (SSSR count). The molecule has 47 valence electrons. The van der Waals surface area contributed by atoms with Crippen molar-refractivity contribution < 1.29 is 13.8 Å². The predicted molar refractivity (Wildman–Crippen MR) is 36.5 cm³/mol. The van der Waals surface area contributed by atoms with Gasteiger partial charge in [-0.05, 0) is 11.1 Å². The molecule has 0 aromatic rings. The van der Waals surface area contributed by atoms with Gasteiger partial charge in [0, 0.05) is 29.6 Å². The summed E-state index contributed by atoms with van der Waals surface area (Å²) in [5, 5.41) is 0. The molecule has 0 amide bonds. The average Bonchev–Trinajstić information content (AvgIpc) is 1.65. The molecule has 0 aliphatic carbocycles. The van der Waals surface area contributed by atoms with E-state index >= 15 is 0 Å². The molecule has 0 spiro atoms. The van der Waals surface area contributed by atoms with Gasteiger partial charge in [0.05, 0.1) is 7.11 Å². The third-order valence-electron chi connectivity index (χ3n) is 0.458. The summed E-state index contributed by atoms with van der Waals surface area (Å²) >= 11 is 0. The van der Waals surface area contributed by atoms with Crippen molar-refractivity contribution >= 4 is 37.6 Å². The summed E-state index contributed by atoms with van der Waals surface area (Å²) in [6.45, 7) is 4.72. The molecule has 0 aromatic carbocycles. The molecule has 0 N–H and O–H groups in total. The third-order valence-corrected chi connectivity index (χ3v) is 0.919. The second-order valence-electron chi connectivity index (χ2n) is 1.11. The van der Waals surface area contributed by atoms with Crippen molar-refractivity contribution in [2.24, 2.45) is 0 Å². The van der Waals surface area contributed by atoms with Crippen LogP contribution in [0, 0.1) is 0 Å². The van der Waals surface area contributed by atoms with Crippen molar-refractivity contribution in [3.63, 3.8) is 0 Å². The van der Waals surface area contributed by atoms with E-state index in [-0.39, 0.29) is 35.5 Å². The zero-order chi connectivity index (χ0) is 6.57. The summed E-state index contributed by atoms with van der Waals surface area (Å²) in [4.78, 5) is 0. The summed E-state index contributed by atoms with van der Waals surface area (Å²) < 4.78 is 19.2. The molecule has 3 nitrogen and oxygen atoms in total. The summed E-state index contributed by atoms with van der Waals surface area (Å²) in [5.41, 5.74) is 0. The van der Waals surface area contributed by atoms with E-state index in [1.54, 1.807) is 0 Å². The third kappa shape index (κ3) is 8.44. The van der Waals surface area contributed by atoms with Crippen LogP contribution < -0.4 is 0 Å². The van der Waals surface area contributed by atoms with Crippen molar-refractivity contribution in [2.45, 2.75) is 0 Å². The molecule has 0 bridgehead atoms. The predicted octanol–water partition coefficient (Wildman–Crippen LogP) is 1.11. The van der Waals surface area contributed by atoms with E-state index < -0.39 is 8.03 Å². The first kappa shape index (κ1) is 12.1. The van der Waals surface area contributed by atoms with Gasteiger partial charge < -0.3 is 4.74 Å². The minimum Gasteiger partial charge on any atom is -0.466 e. The maximum atomic E-state index is 10.2. The Balaban J connectivity index is 0. The largest absolute Gasteiger partial charge is 0.555 e. The van der Waals surface area contributed by atoms with Gasteiger partial charge >= 0.3 is 14.0 Å². The van der Waals surface area contributed by atoms with Crippen LogP contribution in [0.2, 0.25) is 0 Å². The smallest absolute Gasteiger partial charge is 0.466 e. The molecule has 1 atom stereocenters. The van der Waals surface area contributed by atoms with Crippen molar-refractivity contribution in [1.29, 1.82) is 0 Å². The van der Waals surface area contributed by atoms with Crippen LogP contribution in [0.15, 0.2) is 12.5 Å². The molecule has 5 heteroatoms. The van der Waals surface area contributed by atoms with Gasteiger partial charge in [0.25, 0.3) is 0 Å². The van der Waals surface area contributed by atoms with E-state index in [9.17, 15) is 4.57 Å². The van der Waals surface area contributed by atoms with E-state index in [1.807, 2.05) is 0 Å². The second kappa shape index (κ2) is 6.56. The maximum absolute atomic E-state index is 10.2. The Morgan fingerprint density at radius 1 is 1.67 bits per heavy atom. The number of ether oxygens (including phenoxy) is 1. The maximum Gasteiger partial charge on any atom is 0.555 e. The Morgan fingerprint density at radius 3 is 2.22 bits per heavy atom. The van der Waals surface area contributed by atoms with Crippen molar-refractivity contribution in [2.75, 3.05) is 13.8 Å². The fourth-order valence-corrected chi connectivity index (χ4v) is 0.542. The minimum absolute atomic E-state index is 0. The van der Waals surface area contributed by atoms with Crippen LogP contribution >= 0.6 is 8.03 Å². The zero-order valence-electron chi connectivity index (χ0n) is 5.88. The van der Waals surface area contributed by atoms with Gasteiger partial charge in [-0.25, -0.2) is 4.52 Å². The van der Waals surface area contributed by atoms with Gasteiger partial charge in [-0.15, -0.1) is 0 Å². The SMILES string of the molecule is C=C(OC)O[P+](C)=O.[Na]. The fourth-order valence-electron chi connectivity index (χ4n) is 0.181. The number of rotatable bonds is 3. The molecule has 0 aromatic heterocycles. The first-order valence-electron chi connectivity index (χ1n) is 1.98. The van der Waals surface area contributed by atoms with Gasteiger partial charge in [0.1, 0.15) is 0 Å². The van der Waals surface area contributed by atoms with Gasteiger partial charge in [-0.1, -0.05) is 0 Å². The standard InChI is InChI=1S/C4H8O3P.Na/c1-4(6-2)7-8(3)5;/h1H2,2-3H3;/q+1;. The minimum atomic E-state index is -1.62. The van der Waals surface area contributed by atoms with Gasteiger partial charge in [0.15, 0.2) is 6.66 Å². The molecule has 0 saturated heterocycles. The van der Waals surface area contributed by atoms with Gasteiger partial charge in [0.2, 0.25) is 0 Å². The normalized spacial score (nSPS) is 8.89. The summed E-state index contributed by atoms with van der Waals surface area (Å²) in [6.07, 6.45) is 0. The molecule has 1 radical (unpaired) electrons. The Bertz CT molecular complexity index is 114. The molecule has 0 aliphatic rings. The molecule has 0 saturated carbocycles. The number of hydrogen-bond acceptors (Lipinski definition) is 3. The van der Waals surface area contributed by atoms with Crippen LogP contribution in [0.25, 0.3) is 0 Å². The molecule has 0 fully saturated rings. The molecular weight excluding hydrogens is 150 g/mol. The van der Waals surface area contributed by atoms with E-state index in [4.69, 9.17) is 0 Å².